The number of benzene rings is 2. The first-order chi connectivity index (χ1) is 13.6. The number of hydrogen-bond acceptors (Lipinski definition) is 2. The van der Waals surface area contributed by atoms with E-state index in [-0.39, 0.29) is 11.8 Å². The van der Waals surface area contributed by atoms with Gasteiger partial charge in [-0.15, -0.1) is 0 Å². The second-order valence-corrected chi connectivity index (χ2v) is 8.40. The first-order valence-electron chi connectivity index (χ1n) is 10.0. The molecule has 2 aliphatic carbocycles. The Bertz CT molecular complexity index is 870. The summed E-state index contributed by atoms with van der Waals surface area (Å²) in [5.74, 6) is 0.765. The van der Waals surface area contributed by atoms with E-state index in [1.54, 1.807) is 24.3 Å². The average molecular weight is 397 g/mol. The van der Waals surface area contributed by atoms with Crippen molar-refractivity contribution in [1.82, 2.24) is 5.32 Å². The van der Waals surface area contributed by atoms with Crippen LogP contribution in [0.3, 0.4) is 0 Å². The van der Waals surface area contributed by atoms with Crippen molar-refractivity contribution in [3.63, 3.8) is 0 Å². The fourth-order valence-corrected chi connectivity index (χ4v) is 4.04. The topological polar surface area (TPSA) is 58.2 Å². The number of halogens is 1. The van der Waals surface area contributed by atoms with Crippen molar-refractivity contribution in [3.05, 3.63) is 64.7 Å². The minimum absolute atomic E-state index is 0.148. The van der Waals surface area contributed by atoms with Crippen LogP contribution in [0.1, 0.15) is 54.4 Å². The van der Waals surface area contributed by atoms with Crippen molar-refractivity contribution < 1.29 is 9.59 Å². The van der Waals surface area contributed by atoms with Crippen LogP contribution in [0.5, 0.6) is 0 Å². The predicted molar refractivity (Wildman–Crippen MR) is 112 cm³/mol. The van der Waals surface area contributed by atoms with Crippen molar-refractivity contribution in [3.8, 4) is 0 Å². The van der Waals surface area contributed by atoms with Gasteiger partial charge in [0.15, 0.2) is 0 Å². The molecule has 146 valence electrons. The van der Waals surface area contributed by atoms with Crippen molar-refractivity contribution >= 4 is 29.1 Å². The van der Waals surface area contributed by atoms with Crippen LogP contribution in [0.15, 0.2) is 48.5 Å². The van der Waals surface area contributed by atoms with E-state index < -0.39 is 5.41 Å². The zero-order valence-corrected chi connectivity index (χ0v) is 16.6. The third-order valence-corrected chi connectivity index (χ3v) is 6.19. The van der Waals surface area contributed by atoms with Crippen LogP contribution in [-0.4, -0.2) is 18.4 Å². The van der Waals surface area contributed by atoms with Gasteiger partial charge in [-0.1, -0.05) is 49.1 Å². The number of carbonyl (C=O) groups excluding carboxylic acids is 2. The lowest BCUT2D eigenvalue weighted by atomic mass is 9.63. The number of rotatable bonds is 7. The first kappa shape index (κ1) is 19.0. The standard InChI is InChI=1S/C23H25ClN2O2/c24-19-4-1-3-17(15-19)21(27)26-20-9-7-18(8-10-20)23(12-2-13-23)22(28)25-14-11-16-5-6-16/h1,3-4,7-10,15-16H,2,5-6,11-14H2,(H,25,28)(H,26,27). The van der Waals surface area contributed by atoms with Gasteiger partial charge in [0.1, 0.15) is 0 Å². The maximum Gasteiger partial charge on any atom is 0.255 e. The van der Waals surface area contributed by atoms with E-state index in [0.29, 0.717) is 16.3 Å². The molecule has 2 aliphatic rings. The molecular weight excluding hydrogens is 372 g/mol. The van der Waals surface area contributed by atoms with Crippen LogP contribution in [0.25, 0.3) is 0 Å². The van der Waals surface area contributed by atoms with E-state index in [4.69, 9.17) is 11.6 Å². The molecule has 5 heteroatoms. The predicted octanol–water partition coefficient (Wildman–Crippen LogP) is 4.93. The fourth-order valence-electron chi connectivity index (χ4n) is 3.85. The summed E-state index contributed by atoms with van der Waals surface area (Å²) in [5, 5.41) is 6.56. The third kappa shape index (κ3) is 4.07. The molecule has 0 spiro atoms. The van der Waals surface area contributed by atoms with Gasteiger partial charge in [0.2, 0.25) is 5.91 Å². The summed E-state index contributed by atoms with van der Waals surface area (Å²) in [4.78, 5) is 25.2. The minimum atomic E-state index is -0.404. The zero-order chi connectivity index (χ0) is 19.6. The van der Waals surface area contributed by atoms with Gasteiger partial charge in [0.05, 0.1) is 5.41 Å². The highest BCUT2D eigenvalue weighted by atomic mass is 35.5. The minimum Gasteiger partial charge on any atom is -0.355 e. The van der Waals surface area contributed by atoms with Crippen molar-refractivity contribution in [1.29, 1.82) is 0 Å². The zero-order valence-electron chi connectivity index (χ0n) is 15.8. The van der Waals surface area contributed by atoms with Crippen LogP contribution < -0.4 is 10.6 Å². The van der Waals surface area contributed by atoms with E-state index in [1.807, 2.05) is 24.3 Å². The first-order valence-corrected chi connectivity index (χ1v) is 10.4. The van der Waals surface area contributed by atoms with Gasteiger partial charge in [0.25, 0.3) is 5.91 Å². The molecule has 0 heterocycles. The molecule has 0 bridgehead atoms. The third-order valence-electron chi connectivity index (χ3n) is 5.96. The molecule has 4 rings (SSSR count). The van der Waals surface area contributed by atoms with Crippen LogP contribution in [-0.2, 0) is 10.2 Å². The highest BCUT2D eigenvalue weighted by Gasteiger charge is 2.45. The largest absolute Gasteiger partial charge is 0.355 e. The normalized spacial score (nSPS) is 17.5. The molecule has 2 N–H and O–H groups in total. The van der Waals surface area contributed by atoms with E-state index in [9.17, 15) is 9.59 Å². The molecule has 0 aromatic heterocycles. The summed E-state index contributed by atoms with van der Waals surface area (Å²) in [6, 6.07) is 14.5. The van der Waals surface area contributed by atoms with E-state index in [1.165, 1.54) is 12.8 Å². The summed E-state index contributed by atoms with van der Waals surface area (Å²) >= 11 is 5.95. The average Bonchev–Trinajstić information content (AvgIpc) is 3.46. The van der Waals surface area contributed by atoms with Crippen LogP contribution >= 0.6 is 11.6 Å². The maximum absolute atomic E-state index is 12.8. The van der Waals surface area contributed by atoms with Crippen LogP contribution in [0, 0.1) is 5.92 Å². The Morgan fingerprint density at radius 2 is 1.82 bits per heavy atom. The highest BCUT2D eigenvalue weighted by molar-refractivity contribution is 6.31. The molecule has 2 amide bonds. The highest BCUT2D eigenvalue weighted by Crippen LogP contribution is 2.44. The second-order valence-electron chi connectivity index (χ2n) is 7.97. The van der Waals surface area contributed by atoms with Gasteiger partial charge in [-0.05, 0) is 61.1 Å². The Morgan fingerprint density at radius 1 is 1.07 bits per heavy atom. The lowest BCUT2D eigenvalue weighted by Gasteiger charge is -2.40. The molecule has 2 aromatic rings. The number of anilines is 1. The van der Waals surface area contributed by atoms with Crippen molar-refractivity contribution in [2.24, 2.45) is 5.92 Å². The Balaban J connectivity index is 1.41. The smallest absolute Gasteiger partial charge is 0.255 e. The number of hydrogen-bond donors (Lipinski definition) is 2. The molecule has 0 unspecified atom stereocenters. The number of carbonyl (C=O) groups is 2. The molecule has 0 aliphatic heterocycles. The molecule has 0 atom stereocenters. The Hall–Kier alpha value is -2.33. The van der Waals surface area contributed by atoms with Crippen LogP contribution in [0.2, 0.25) is 5.02 Å². The van der Waals surface area contributed by atoms with Gasteiger partial charge >= 0.3 is 0 Å². The second kappa shape index (κ2) is 7.96. The number of amides is 2. The van der Waals surface area contributed by atoms with E-state index in [2.05, 4.69) is 10.6 Å². The number of nitrogens with one attached hydrogen (secondary N) is 2. The van der Waals surface area contributed by atoms with Gasteiger partial charge in [-0.2, -0.15) is 0 Å². The maximum atomic E-state index is 12.8. The molecule has 4 nitrogen and oxygen atoms in total. The van der Waals surface area contributed by atoms with Crippen molar-refractivity contribution in [2.45, 2.75) is 43.9 Å². The molecule has 2 fully saturated rings. The molecular formula is C23H25ClN2O2. The molecule has 28 heavy (non-hydrogen) atoms. The summed E-state index contributed by atoms with van der Waals surface area (Å²) < 4.78 is 0. The Kier molecular flexibility index (Phi) is 5.40. The van der Waals surface area contributed by atoms with E-state index >= 15 is 0 Å². The van der Waals surface area contributed by atoms with Gasteiger partial charge < -0.3 is 10.6 Å². The molecule has 2 saturated carbocycles. The lowest BCUT2D eigenvalue weighted by molar-refractivity contribution is -0.129. The van der Waals surface area contributed by atoms with E-state index in [0.717, 1.165) is 43.7 Å². The Labute approximate surface area is 170 Å². The quantitative estimate of drug-likeness (QED) is 0.697. The monoisotopic (exact) mass is 396 g/mol. The van der Waals surface area contributed by atoms with Crippen LogP contribution in [0.4, 0.5) is 5.69 Å². The van der Waals surface area contributed by atoms with Gasteiger partial charge in [-0.25, -0.2) is 0 Å². The SMILES string of the molecule is O=C(Nc1ccc(C2(C(=O)NCCC3CC3)CCC2)cc1)c1cccc(Cl)c1. The lowest BCUT2D eigenvalue weighted by Crippen LogP contribution is -2.49. The summed E-state index contributed by atoms with van der Waals surface area (Å²) in [5.41, 5.74) is 1.85. The van der Waals surface area contributed by atoms with Gasteiger partial charge in [0, 0.05) is 22.8 Å². The molecule has 2 aromatic carbocycles. The molecule has 0 radical (unpaired) electrons. The molecule has 0 saturated heterocycles. The Morgan fingerprint density at radius 3 is 2.43 bits per heavy atom. The van der Waals surface area contributed by atoms with Crippen molar-refractivity contribution in [2.75, 3.05) is 11.9 Å². The van der Waals surface area contributed by atoms with Gasteiger partial charge in [-0.3, -0.25) is 9.59 Å². The summed E-state index contributed by atoms with van der Waals surface area (Å²) in [6.07, 6.45) is 6.55. The summed E-state index contributed by atoms with van der Waals surface area (Å²) in [7, 11) is 0. The fraction of sp³-hybridized carbons (Fsp3) is 0.391. The summed E-state index contributed by atoms with van der Waals surface area (Å²) in [6.45, 7) is 0.777.